The smallest absolute Gasteiger partial charge is 0.334 e. The number of hydrogen-bond donors (Lipinski definition) is 2. The van der Waals surface area contributed by atoms with Gasteiger partial charge in [-0.25, -0.2) is 14.9 Å². The molecule has 0 saturated carbocycles. The van der Waals surface area contributed by atoms with Gasteiger partial charge in [-0.2, -0.15) is 0 Å². The Balaban J connectivity index is 1.34. The molecule has 0 aromatic heterocycles. The summed E-state index contributed by atoms with van der Waals surface area (Å²) < 4.78 is 10.9. The van der Waals surface area contributed by atoms with Gasteiger partial charge in [-0.3, -0.25) is 10.1 Å². The summed E-state index contributed by atoms with van der Waals surface area (Å²) in [6.45, 7) is 0.0281. The Morgan fingerprint density at radius 2 is 1.51 bits per heavy atom. The van der Waals surface area contributed by atoms with Gasteiger partial charge in [-0.05, 0) is 28.3 Å². The number of hydrogen-bond acceptors (Lipinski definition) is 7. The first-order chi connectivity index (χ1) is 19.1. The first kappa shape index (κ1) is 26.2. The normalized spacial score (nSPS) is 18.8. The van der Waals surface area contributed by atoms with Crippen LogP contribution in [0.5, 0.6) is 0 Å². The van der Waals surface area contributed by atoms with Gasteiger partial charge in [0.2, 0.25) is 0 Å². The molecule has 7 nitrogen and oxygen atoms in total. The molecule has 7 heteroatoms. The van der Waals surface area contributed by atoms with Crippen LogP contribution >= 0.6 is 0 Å². The van der Waals surface area contributed by atoms with E-state index in [1.165, 1.54) is 0 Å². The number of carbonyl (C=O) groups excluding carboxylic acids is 3. The van der Waals surface area contributed by atoms with E-state index in [9.17, 15) is 14.4 Å². The van der Waals surface area contributed by atoms with Gasteiger partial charge in [0.1, 0.15) is 5.94 Å². The average Bonchev–Trinajstić information content (AvgIpc) is 3.38. The monoisotopic (exact) mass is 520 g/mol. The number of ketones is 1. The van der Waals surface area contributed by atoms with Crippen LogP contribution < -0.4 is 10.6 Å². The molecule has 3 aromatic carbocycles. The number of benzene rings is 3. The topological polar surface area (TPSA) is 93.7 Å². The van der Waals surface area contributed by atoms with Gasteiger partial charge in [0.15, 0.2) is 11.8 Å². The Bertz CT molecular complexity index is 1330. The molecule has 2 atom stereocenters. The van der Waals surface area contributed by atoms with Crippen molar-refractivity contribution in [2.24, 2.45) is 0 Å². The molecule has 0 bridgehead atoms. The number of Topliss-reactive ketones (excluding diaryl/α,β-unsaturated/α-hetero) is 1. The lowest BCUT2D eigenvalue weighted by Crippen LogP contribution is -2.51. The minimum atomic E-state index is -1.17. The zero-order chi connectivity index (χ0) is 27.1. The van der Waals surface area contributed by atoms with Crippen molar-refractivity contribution in [3.05, 3.63) is 137 Å². The third-order valence-electron chi connectivity index (χ3n) is 6.83. The van der Waals surface area contributed by atoms with E-state index in [2.05, 4.69) is 10.6 Å². The number of carbonyl (C=O) groups is 2. The molecule has 0 radical (unpaired) electrons. The molecule has 3 aromatic rings. The lowest BCUT2D eigenvalue weighted by atomic mass is 9.77. The van der Waals surface area contributed by atoms with Crippen molar-refractivity contribution >= 4 is 17.7 Å². The van der Waals surface area contributed by atoms with Crippen LogP contribution in [0.1, 0.15) is 23.1 Å². The van der Waals surface area contributed by atoms with Crippen LogP contribution in [-0.2, 0) is 29.4 Å². The summed E-state index contributed by atoms with van der Waals surface area (Å²) in [6.07, 6.45) is 4.61. The van der Waals surface area contributed by atoms with Crippen molar-refractivity contribution in [3.8, 4) is 0 Å². The zero-order valence-corrected chi connectivity index (χ0v) is 21.2. The standard InChI is InChI=1S/C32H28N2O5/c35-21-23-11-10-12-24(19-23)22-38-31-34-29(30(37)39-31)28(36)20-33-32(25-13-4-1-5-14-25,26-15-6-2-7-16-26)27-17-8-3-9-18-27/h1-18,29,31,33-34H,19-20,22H2/t29?,31-/m0/s1. The predicted octanol–water partition coefficient (Wildman–Crippen LogP) is 3.60. The largest absolute Gasteiger partial charge is 0.420 e. The zero-order valence-electron chi connectivity index (χ0n) is 21.2. The lowest BCUT2D eigenvalue weighted by molar-refractivity contribution is -0.163. The number of cyclic esters (lactones) is 1. The maximum absolute atomic E-state index is 13.4. The molecule has 39 heavy (non-hydrogen) atoms. The molecule has 0 amide bonds. The number of rotatable bonds is 10. The summed E-state index contributed by atoms with van der Waals surface area (Å²) >= 11 is 0. The molecule has 1 aliphatic heterocycles. The molecule has 2 N–H and O–H groups in total. The molecule has 1 unspecified atom stereocenters. The summed E-state index contributed by atoms with van der Waals surface area (Å²) in [6, 6.07) is 28.5. The summed E-state index contributed by atoms with van der Waals surface area (Å²) in [5, 5.41) is 6.34. The molecule has 1 fully saturated rings. The second-order valence-corrected chi connectivity index (χ2v) is 9.34. The first-order valence-corrected chi connectivity index (χ1v) is 12.7. The first-order valence-electron chi connectivity index (χ1n) is 12.7. The molecule has 2 aliphatic rings. The van der Waals surface area contributed by atoms with E-state index in [0.29, 0.717) is 12.0 Å². The summed E-state index contributed by atoms with van der Waals surface area (Å²) in [7, 11) is 0. The van der Waals surface area contributed by atoms with Crippen molar-refractivity contribution in [1.29, 1.82) is 0 Å². The fraction of sp³-hybridized carbons (Fsp3) is 0.188. The van der Waals surface area contributed by atoms with Gasteiger partial charge < -0.3 is 9.47 Å². The Morgan fingerprint density at radius 3 is 2.05 bits per heavy atom. The molecular weight excluding hydrogens is 492 g/mol. The van der Waals surface area contributed by atoms with Gasteiger partial charge in [0.05, 0.1) is 18.7 Å². The van der Waals surface area contributed by atoms with Gasteiger partial charge in [0, 0.05) is 12.0 Å². The Labute approximate surface area is 226 Å². The van der Waals surface area contributed by atoms with E-state index in [1.54, 1.807) is 12.2 Å². The van der Waals surface area contributed by atoms with Crippen LogP contribution in [0.4, 0.5) is 0 Å². The minimum absolute atomic E-state index is 0.110. The van der Waals surface area contributed by atoms with Crippen LogP contribution in [0.25, 0.3) is 0 Å². The van der Waals surface area contributed by atoms with Crippen molar-refractivity contribution in [1.82, 2.24) is 10.6 Å². The van der Waals surface area contributed by atoms with Gasteiger partial charge in [-0.1, -0.05) is 103 Å². The van der Waals surface area contributed by atoms with Gasteiger partial charge in [0.25, 0.3) is 6.41 Å². The van der Waals surface area contributed by atoms with E-state index in [1.807, 2.05) is 103 Å². The number of allylic oxidation sites excluding steroid dienone is 4. The number of nitrogens with one attached hydrogen (secondary N) is 2. The number of ether oxygens (including phenoxy) is 2. The fourth-order valence-corrected chi connectivity index (χ4v) is 4.93. The highest BCUT2D eigenvalue weighted by atomic mass is 16.7. The molecule has 5 rings (SSSR count). The highest BCUT2D eigenvalue weighted by molar-refractivity contribution is 6.05. The Hall–Kier alpha value is -4.39. The van der Waals surface area contributed by atoms with Crippen molar-refractivity contribution in [3.63, 3.8) is 0 Å². The van der Waals surface area contributed by atoms with E-state index >= 15 is 0 Å². The van der Waals surface area contributed by atoms with Crippen LogP contribution in [0.3, 0.4) is 0 Å². The van der Waals surface area contributed by atoms with Crippen molar-refractivity contribution in [2.75, 3.05) is 13.2 Å². The predicted molar refractivity (Wildman–Crippen MR) is 146 cm³/mol. The average molecular weight is 521 g/mol. The Kier molecular flexibility index (Phi) is 8.06. The highest BCUT2D eigenvalue weighted by Crippen LogP contribution is 2.36. The summed E-state index contributed by atoms with van der Waals surface area (Å²) in [4.78, 5) is 36.9. The highest BCUT2D eigenvalue weighted by Gasteiger charge is 2.42. The van der Waals surface area contributed by atoms with Crippen molar-refractivity contribution in [2.45, 2.75) is 24.4 Å². The quantitative estimate of drug-likeness (QED) is 0.183. The summed E-state index contributed by atoms with van der Waals surface area (Å²) in [5.41, 5.74) is 3.38. The second kappa shape index (κ2) is 12.0. The third kappa shape index (κ3) is 5.72. The third-order valence-corrected chi connectivity index (χ3v) is 6.83. The molecule has 1 heterocycles. The lowest BCUT2D eigenvalue weighted by Gasteiger charge is -2.37. The molecule has 1 aliphatic carbocycles. The van der Waals surface area contributed by atoms with Gasteiger partial charge >= 0.3 is 5.97 Å². The van der Waals surface area contributed by atoms with Gasteiger partial charge in [-0.15, -0.1) is 0 Å². The molecular formula is C32H28N2O5. The van der Waals surface area contributed by atoms with E-state index in [0.717, 1.165) is 22.3 Å². The second-order valence-electron chi connectivity index (χ2n) is 9.34. The maximum atomic E-state index is 13.4. The van der Waals surface area contributed by atoms with Crippen molar-refractivity contribution < 1.29 is 23.9 Å². The molecule has 196 valence electrons. The maximum Gasteiger partial charge on any atom is 0.334 e. The fourth-order valence-electron chi connectivity index (χ4n) is 4.93. The van der Waals surface area contributed by atoms with Crippen LogP contribution in [0.15, 0.2) is 120 Å². The Morgan fingerprint density at radius 1 is 0.949 bits per heavy atom. The van der Waals surface area contributed by atoms with Crippen LogP contribution in [-0.4, -0.2) is 43.3 Å². The van der Waals surface area contributed by atoms with Crippen LogP contribution in [0, 0.1) is 0 Å². The SMILES string of the molecule is O=C=C1C=CC=C(CO[C@@H]2NC(C(=O)CNC(c3ccccc3)(c3ccccc3)c3ccccc3)C(=O)O2)C1. The van der Waals surface area contributed by atoms with E-state index < -0.39 is 24.0 Å². The van der Waals surface area contributed by atoms with Crippen LogP contribution in [0.2, 0.25) is 0 Å². The van der Waals surface area contributed by atoms with E-state index in [-0.39, 0.29) is 18.9 Å². The minimum Gasteiger partial charge on any atom is -0.420 e. The molecule has 0 spiro atoms. The number of esters is 1. The van der Waals surface area contributed by atoms with E-state index in [4.69, 9.17) is 9.47 Å². The summed E-state index contributed by atoms with van der Waals surface area (Å²) in [5.74, 6) is 0.820. The molecule has 1 saturated heterocycles.